The molecule has 0 bridgehead atoms. The Bertz CT molecular complexity index is 1370. The molecule has 0 fully saturated rings. The minimum absolute atomic E-state index is 0.124. The molecule has 1 aliphatic rings. The minimum atomic E-state index is -0.983. The van der Waals surface area contributed by atoms with Crippen LogP contribution in [0, 0.1) is 5.82 Å². The van der Waals surface area contributed by atoms with Crippen molar-refractivity contribution in [3.63, 3.8) is 0 Å². The lowest BCUT2D eigenvalue weighted by molar-refractivity contribution is -0.136. The van der Waals surface area contributed by atoms with Gasteiger partial charge in [0.15, 0.2) is 4.80 Å². The van der Waals surface area contributed by atoms with Gasteiger partial charge in [-0.2, -0.15) is 0 Å². The van der Waals surface area contributed by atoms with E-state index in [-0.39, 0.29) is 16.7 Å². The topological polar surface area (TPSA) is 60.7 Å². The number of thiazole rings is 1. The maximum Gasteiger partial charge on any atom is 0.338 e. The highest BCUT2D eigenvalue weighted by Crippen LogP contribution is 2.31. The maximum absolute atomic E-state index is 14.7. The van der Waals surface area contributed by atoms with Gasteiger partial charge in [-0.15, -0.1) is 0 Å². The summed E-state index contributed by atoms with van der Waals surface area (Å²) >= 11 is 7.38. The van der Waals surface area contributed by atoms with E-state index in [2.05, 4.69) is 4.99 Å². The van der Waals surface area contributed by atoms with Crippen molar-refractivity contribution in [1.29, 1.82) is 0 Å². The van der Waals surface area contributed by atoms with Crippen LogP contribution in [0.3, 0.4) is 0 Å². The van der Waals surface area contributed by atoms with Crippen LogP contribution < -0.4 is 14.9 Å². The van der Waals surface area contributed by atoms with Crippen LogP contribution in [-0.4, -0.2) is 17.6 Å². The molecule has 1 atom stereocenters. The number of aromatic nitrogens is 1. The summed E-state index contributed by atoms with van der Waals surface area (Å²) in [6.45, 7) is 1.64. The summed E-state index contributed by atoms with van der Waals surface area (Å²) in [7, 11) is 1.24. The molecule has 5 nitrogen and oxygen atoms in total. The van der Waals surface area contributed by atoms with Crippen molar-refractivity contribution < 1.29 is 13.9 Å². The summed E-state index contributed by atoms with van der Waals surface area (Å²) < 4.78 is 21.4. The molecule has 0 radical (unpaired) electrons. The second-order valence-electron chi connectivity index (χ2n) is 6.62. The molecule has 8 heteroatoms. The molecule has 2 heterocycles. The third-order valence-corrected chi connectivity index (χ3v) is 6.15. The van der Waals surface area contributed by atoms with Crippen LogP contribution in [0.2, 0.25) is 5.02 Å². The van der Waals surface area contributed by atoms with Crippen LogP contribution in [0.1, 0.15) is 24.1 Å². The minimum Gasteiger partial charge on any atom is -0.466 e. The average Bonchev–Trinajstić information content (AvgIpc) is 3.03. The summed E-state index contributed by atoms with van der Waals surface area (Å²) in [5.74, 6) is -1.19. The van der Waals surface area contributed by atoms with E-state index in [1.807, 2.05) is 6.07 Å². The quantitative estimate of drug-likeness (QED) is 0.585. The number of nitrogens with zero attached hydrogens (tertiary/aromatic N) is 2. The standard InChI is InChI=1S/C22H16ClFN2O3S/c1-12-18(21(28)29-2)19(14-8-4-6-10-16(14)24)26-20(27)17(30-22(26)25-12)11-13-7-3-5-9-15(13)23/h3-11,19H,1-2H3. The number of fused-ring (bicyclic) bond motifs is 1. The van der Waals surface area contributed by atoms with Gasteiger partial charge in [-0.05, 0) is 30.7 Å². The van der Waals surface area contributed by atoms with Gasteiger partial charge in [-0.3, -0.25) is 9.36 Å². The van der Waals surface area contributed by atoms with Crippen molar-refractivity contribution in [2.75, 3.05) is 7.11 Å². The molecule has 1 unspecified atom stereocenters. The van der Waals surface area contributed by atoms with E-state index in [1.165, 1.54) is 17.7 Å². The van der Waals surface area contributed by atoms with Gasteiger partial charge in [-0.25, -0.2) is 14.2 Å². The Morgan fingerprint density at radius 1 is 1.23 bits per heavy atom. The predicted octanol–water partition coefficient (Wildman–Crippen LogP) is 3.20. The third-order valence-electron chi connectivity index (χ3n) is 4.82. The monoisotopic (exact) mass is 442 g/mol. The number of esters is 1. The van der Waals surface area contributed by atoms with Gasteiger partial charge >= 0.3 is 5.97 Å². The molecule has 0 amide bonds. The molecular formula is C22H16ClFN2O3S. The number of methoxy groups -OCH3 is 1. The molecule has 0 spiro atoms. The van der Waals surface area contributed by atoms with Crippen LogP contribution in [-0.2, 0) is 9.53 Å². The summed E-state index contributed by atoms with van der Waals surface area (Å²) in [6, 6.07) is 12.2. The highest BCUT2D eigenvalue weighted by molar-refractivity contribution is 7.07. The fourth-order valence-electron chi connectivity index (χ4n) is 3.42. The van der Waals surface area contributed by atoms with Crippen LogP contribution >= 0.6 is 22.9 Å². The van der Waals surface area contributed by atoms with Gasteiger partial charge in [0, 0.05) is 10.6 Å². The second kappa shape index (κ2) is 8.01. The Morgan fingerprint density at radius 3 is 2.63 bits per heavy atom. The molecule has 1 aliphatic heterocycles. The molecule has 0 N–H and O–H groups in total. The lowest BCUT2D eigenvalue weighted by Crippen LogP contribution is -2.40. The number of hydrogen-bond acceptors (Lipinski definition) is 5. The number of rotatable bonds is 3. The predicted molar refractivity (Wildman–Crippen MR) is 114 cm³/mol. The van der Waals surface area contributed by atoms with E-state index in [4.69, 9.17) is 16.3 Å². The molecule has 1 aromatic heterocycles. The van der Waals surface area contributed by atoms with Gasteiger partial charge in [0.25, 0.3) is 5.56 Å². The summed E-state index contributed by atoms with van der Waals surface area (Å²) in [5, 5.41) is 0.500. The zero-order valence-corrected chi connectivity index (χ0v) is 17.6. The number of halogens is 2. The van der Waals surface area contributed by atoms with Crippen LogP contribution in [0.25, 0.3) is 6.08 Å². The van der Waals surface area contributed by atoms with Gasteiger partial charge in [0.05, 0.1) is 22.9 Å². The Kier molecular flexibility index (Phi) is 5.40. The lowest BCUT2D eigenvalue weighted by atomic mass is 9.95. The molecule has 4 rings (SSSR count). The molecule has 0 saturated heterocycles. The van der Waals surface area contributed by atoms with E-state index < -0.39 is 17.8 Å². The maximum atomic E-state index is 14.7. The van der Waals surface area contributed by atoms with E-state index in [1.54, 1.807) is 49.4 Å². The van der Waals surface area contributed by atoms with Crippen molar-refractivity contribution in [3.05, 3.63) is 101 Å². The highest BCUT2D eigenvalue weighted by Gasteiger charge is 2.34. The SMILES string of the molecule is COC(=O)C1=C(C)N=c2sc(=Cc3ccccc3Cl)c(=O)n2C1c1ccccc1F. The Hall–Kier alpha value is -3.03. The van der Waals surface area contributed by atoms with Crippen molar-refractivity contribution in [2.45, 2.75) is 13.0 Å². The molecule has 3 aromatic rings. The van der Waals surface area contributed by atoms with Crippen molar-refractivity contribution in [2.24, 2.45) is 4.99 Å². The van der Waals surface area contributed by atoms with Crippen molar-refractivity contribution >= 4 is 35.0 Å². The Balaban J connectivity index is 2.03. The molecule has 2 aromatic carbocycles. The lowest BCUT2D eigenvalue weighted by Gasteiger charge is -2.24. The number of allylic oxidation sites excluding steroid dienone is 1. The average molecular weight is 443 g/mol. The van der Waals surface area contributed by atoms with Crippen LogP contribution in [0.4, 0.5) is 4.39 Å². The number of hydrogen-bond donors (Lipinski definition) is 0. The summed E-state index contributed by atoms with van der Waals surface area (Å²) in [5.41, 5.74) is 0.981. The molecule has 0 aliphatic carbocycles. The summed E-state index contributed by atoms with van der Waals surface area (Å²) in [4.78, 5) is 30.7. The largest absolute Gasteiger partial charge is 0.466 e. The Labute approximate surface area is 180 Å². The van der Waals surface area contributed by atoms with Crippen molar-refractivity contribution in [1.82, 2.24) is 4.57 Å². The zero-order chi connectivity index (χ0) is 21.4. The highest BCUT2D eigenvalue weighted by atomic mass is 35.5. The fraction of sp³-hybridized carbons (Fsp3) is 0.136. The molecule has 0 saturated carbocycles. The zero-order valence-electron chi connectivity index (χ0n) is 16.1. The first kappa shape index (κ1) is 20.3. The fourth-order valence-corrected chi connectivity index (χ4v) is 4.64. The first-order valence-corrected chi connectivity index (χ1v) is 10.2. The number of carbonyl (C=O) groups is 1. The molecular weight excluding hydrogens is 427 g/mol. The van der Waals surface area contributed by atoms with E-state index in [0.29, 0.717) is 25.6 Å². The van der Waals surface area contributed by atoms with Gasteiger partial charge in [0.2, 0.25) is 0 Å². The normalized spacial score (nSPS) is 16.3. The van der Waals surface area contributed by atoms with E-state index in [9.17, 15) is 14.0 Å². The number of ether oxygens (including phenoxy) is 1. The Morgan fingerprint density at radius 2 is 1.93 bits per heavy atom. The first-order valence-electron chi connectivity index (χ1n) is 9.02. The van der Waals surface area contributed by atoms with Crippen LogP contribution in [0.15, 0.2) is 69.6 Å². The molecule has 30 heavy (non-hydrogen) atoms. The first-order chi connectivity index (χ1) is 14.4. The van der Waals surface area contributed by atoms with E-state index >= 15 is 0 Å². The van der Waals surface area contributed by atoms with Crippen molar-refractivity contribution in [3.8, 4) is 0 Å². The summed E-state index contributed by atoms with van der Waals surface area (Å²) in [6.07, 6.45) is 1.67. The van der Waals surface area contributed by atoms with Gasteiger partial charge in [-0.1, -0.05) is 59.3 Å². The van der Waals surface area contributed by atoms with E-state index in [0.717, 1.165) is 11.3 Å². The number of carbonyl (C=O) groups excluding carboxylic acids is 1. The molecule has 152 valence electrons. The van der Waals surface area contributed by atoms with Crippen LogP contribution in [0.5, 0.6) is 0 Å². The third kappa shape index (κ3) is 3.40. The second-order valence-corrected chi connectivity index (χ2v) is 8.03. The van der Waals surface area contributed by atoms with Gasteiger partial charge < -0.3 is 4.74 Å². The number of benzene rings is 2. The smallest absolute Gasteiger partial charge is 0.338 e. The van der Waals surface area contributed by atoms with Gasteiger partial charge in [0.1, 0.15) is 11.9 Å².